The topological polar surface area (TPSA) is 48.0 Å². The highest BCUT2D eigenvalue weighted by Crippen LogP contribution is 2.21. The summed E-state index contributed by atoms with van der Waals surface area (Å²) in [7, 11) is 5.01. The SMILES string of the molecule is CC[C@@H](Oc1ccc(OC)cc1)C(=O)N(C)Cc1ccccc1OC. The van der Waals surface area contributed by atoms with Crippen molar-refractivity contribution in [2.24, 2.45) is 0 Å². The molecule has 1 amide bonds. The van der Waals surface area contributed by atoms with E-state index in [9.17, 15) is 4.79 Å². The molecule has 2 aromatic carbocycles. The Hall–Kier alpha value is -2.69. The summed E-state index contributed by atoms with van der Waals surface area (Å²) in [4.78, 5) is 14.4. The van der Waals surface area contributed by atoms with E-state index >= 15 is 0 Å². The van der Waals surface area contributed by atoms with Crippen LogP contribution >= 0.6 is 0 Å². The Morgan fingerprint density at radius 3 is 2.24 bits per heavy atom. The molecule has 25 heavy (non-hydrogen) atoms. The first-order chi connectivity index (χ1) is 12.1. The zero-order valence-electron chi connectivity index (χ0n) is 15.2. The minimum atomic E-state index is -0.534. The second kappa shape index (κ2) is 8.97. The monoisotopic (exact) mass is 343 g/mol. The van der Waals surface area contributed by atoms with Crippen LogP contribution in [0.4, 0.5) is 0 Å². The fraction of sp³-hybridized carbons (Fsp3) is 0.350. The zero-order chi connectivity index (χ0) is 18.2. The second-order valence-electron chi connectivity index (χ2n) is 5.70. The minimum Gasteiger partial charge on any atom is -0.497 e. The minimum absolute atomic E-state index is 0.0655. The van der Waals surface area contributed by atoms with Gasteiger partial charge in [-0.05, 0) is 36.8 Å². The zero-order valence-corrected chi connectivity index (χ0v) is 15.2. The highest BCUT2D eigenvalue weighted by molar-refractivity contribution is 5.81. The van der Waals surface area contributed by atoms with E-state index in [1.807, 2.05) is 43.3 Å². The van der Waals surface area contributed by atoms with Crippen LogP contribution in [0.2, 0.25) is 0 Å². The van der Waals surface area contributed by atoms with Crippen LogP contribution in [0.1, 0.15) is 18.9 Å². The lowest BCUT2D eigenvalue weighted by molar-refractivity contribution is -0.138. The Bertz CT molecular complexity index is 684. The summed E-state index contributed by atoms with van der Waals surface area (Å²) in [5.41, 5.74) is 0.958. The highest BCUT2D eigenvalue weighted by atomic mass is 16.5. The van der Waals surface area contributed by atoms with Gasteiger partial charge in [0.1, 0.15) is 17.2 Å². The Morgan fingerprint density at radius 2 is 1.64 bits per heavy atom. The molecule has 0 radical (unpaired) electrons. The number of hydrogen-bond acceptors (Lipinski definition) is 4. The van der Waals surface area contributed by atoms with Gasteiger partial charge in [-0.25, -0.2) is 0 Å². The van der Waals surface area contributed by atoms with Gasteiger partial charge in [-0.2, -0.15) is 0 Å². The van der Waals surface area contributed by atoms with Crippen molar-refractivity contribution in [1.82, 2.24) is 4.90 Å². The first-order valence-corrected chi connectivity index (χ1v) is 8.26. The van der Waals surface area contributed by atoms with Gasteiger partial charge in [0, 0.05) is 19.2 Å². The van der Waals surface area contributed by atoms with E-state index < -0.39 is 6.10 Å². The third kappa shape index (κ3) is 4.89. The van der Waals surface area contributed by atoms with Crippen molar-refractivity contribution in [3.05, 3.63) is 54.1 Å². The number of para-hydroxylation sites is 1. The van der Waals surface area contributed by atoms with Crippen molar-refractivity contribution in [3.63, 3.8) is 0 Å². The third-order valence-corrected chi connectivity index (χ3v) is 3.96. The molecular weight excluding hydrogens is 318 g/mol. The van der Waals surface area contributed by atoms with Gasteiger partial charge in [-0.1, -0.05) is 25.1 Å². The average Bonchev–Trinajstić information content (AvgIpc) is 2.66. The van der Waals surface area contributed by atoms with Crippen LogP contribution in [-0.4, -0.2) is 38.2 Å². The fourth-order valence-electron chi connectivity index (χ4n) is 2.54. The molecule has 0 bridgehead atoms. The number of ether oxygens (including phenoxy) is 3. The molecule has 134 valence electrons. The van der Waals surface area contributed by atoms with Gasteiger partial charge in [0.05, 0.1) is 14.2 Å². The maximum atomic E-state index is 12.7. The number of rotatable bonds is 8. The lowest BCUT2D eigenvalue weighted by atomic mass is 10.1. The van der Waals surface area contributed by atoms with Crippen LogP contribution in [-0.2, 0) is 11.3 Å². The molecule has 0 fully saturated rings. The Labute approximate surface area is 149 Å². The second-order valence-corrected chi connectivity index (χ2v) is 5.70. The van der Waals surface area contributed by atoms with Gasteiger partial charge in [0.25, 0.3) is 5.91 Å². The molecule has 2 aromatic rings. The van der Waals surface area contributed by atoms with E-state index in [-0.39, 0.29) is 5.91 Å². The molecule has 0 saturated heterocycles. The van der Waals surface area contributed by atoms with Crippen LogP contribution in [0.3, 0.4) is 0 Å². The molecule has 0 spiro atoms. The van der Waals surface area contributed by atoms with E-state index in [0.717, 1.165) is 17.1 Å². The predicted molar refractivity (Wildman–Crippen MR) is 97.2 cm³/mol. The first kappa shape index (κ1) is 18.6. The molecule has 5 heteroatoms. The fourth-order valence-corrected chi connectivity index (χ4v) is 2.54. The smallest absolute Gasteiger partial charge is 0.263 e. The van der Waals surface area contributed by atoms with E-state index in [0.29, 0.717) is 18.7 Å². The van der Waals surface area contributed by atoms with Crippen molar-refractivity contribution in [2.75, 3.05) is 21.3 Å². The molecule has 0 aliphatic rings. The average molecular weight is 343 g/mol. The van der Waals surface area contributed by atoms with E-state index in [1.54, 1.807) is 38.3 Å². The standard InChI is InChI=1S/C20H25NO4/c1-5-18(25-17-12-10-16(23-3)11-13-17)20(22)21(2)14-15-8-6-7-9-19(15)24-4/h6-13,18H,5,14H2,1-4H3/t18-/m1/s1. The molecule has 0 aromatic heterocycles. The normalized spacial score (nSPS) is 11.5. The Morgan fingerprint density at radius 1 is 1.00 bits per heavy atom. The lowest BCUT2D eigenvalue weighted by Gasteiger charge is -2.24. The van der Waals surface area contributed by atoms with Crippen LogP contribution in [0.5, 0.6) is 17.2 Å². The molecule has 0 unspecified atom stereocenters. The molecule has 0 aliphatic carbocycles. The van der Waals surface area contributed by atoms with Crippen molar-refractivity contribution in [3.8, 4) is 17.2 Å². The van der Waals surface area contributed by atoms with Crippen LogP contribution < -0.4 is 14.2 Å². The van der Waals surface area contributed by atoms with E-state index in [1.165, 1.54) is 0 Å². The van der Waals surface area contributed by atoms with Crippen molar-refractivity contribution in [1.29, 1.82) is 0 Å². The maximum Gasteiger partial charge on any atom is 0.263 e. The van der Waals surface area contributed by atoms with Crippen LogP contribution in [0.25, 0.3) is 0 Å². The Kier molecular flexibility index (Phi) is 6.69. The summed E-state index contributed by atoms with van der Waals surface area (Å²) < 4.78 is 16.3. The Balaban J connectivity index is 2.04. The van der Waals surface area contributed by atoms with Gasteiger partial charge in [-0.15, -0.1) is 0 Å². The molecule has 0 aliphatic heterocycles. The molecule has 1 atom stereocenters. The maximum absolute atomic E-state index is 12.7. The van der Waals surface area contributed by atoms with Crippen LogP contribution in [0, 0.1) is 0 Å². The summed E-state index contributed by atoms with van der Waals surface area (Å²) in [5.74, 6) is 2.10. The number of nitrogens with zero attached hydrogens (tertiary/aromatic N) is 1. The van der Waals surface area contributed by atoms with Crippen LogP contribution in [0.15, 0.2) is 48.5 Å². The first-order valence-electron chi connectivity index (χ1n) is 8.26. The van der Waals surface area contributed by atoms with Crippen molar-refractivity contribution < 1.29 is 19.0 Å². The molecule has 0 heterocycles. The largest absolute Gasteiger partial charge is 0.497 e. The van der Waals surface area contributed by atoms with Crippen molar-refractivity contribution >= 4 is 5.91 Å². The number of likely N-dealkylation sites (N-methyl/N-ethyl adjacent to an activating group) is 1. The summed E-state index contributed by atoms with van der Waals surface area (Å²) in [6, 6.07) is 14.9. The molecule has 0 N–H and O–H groups in total. The number of carbonyl (C=O) groups excluding carboxylic acids is 1. The van der Waals surface area contributed by atoms with Gasteiger partial charge in [0.2, 0.25) is 0 Å². The van der Waals surface area contributed by atoms with Gasteiger partial charge in [0.15, 0.2) is 6.10 Å². The van der Waals surface area contributed by atoms with E-state index in [2.05, 4.69) is 0 Å². The highest BCUT2D eigenvalue weighted by Gasteiger charge is 2.23. The predicted octanol–water partition coefficient (Wildman–Crippen LogP) is 3.52. The molecular formula is C20H25NO4. The van der Waals surface area contributed by atoms with Gasteiger partial charge >= 0.3 is 0 Å². The molecule has 5 nitrogen and oxygen atoms in total. The van der Waals surface area contributed by atoms with E-state index in [4.69, 9.17) is 14.2 Å². The number of methoxy groups -OCH3 is 2. The number of benzene rings is 2. The number of amides is 1. The van der Waals surface area contributed by atoms with Crippen molar-refractivity contribution in [2.45, 2.75) is 26.0 Å². The van der Waals surface area contributed by atoms with Gasteiger partial charge < -0.3 is 19.1 Å². The summed E-state index contributed by atoms with van der Waals surface area (Å²) in [6.45, 7) is 2.40. The number of hydrogen-bond donors (Lipinski definition) is 0. The quantitative estimate of drug-likeness (QED) is 0.736. The summed E-state index contributed by atoms with van der Waals surface area (Å²) in [5, 5.41) is 0. The number of carbonyl (C=O) groups is 1. The third-order valence-electron chi connectivity index (χ3n) is 3.96. The molecule has 2 rings (SSSR count). The summed E-state index contributed by atoms with van der Waals surface area (Å²) >= 11 is 0. The lowest BCUT2D eigenvalue weighted by Crippen LogP contribution is -2.39. The molecule has 0 saturated carbocycles. The van der Waals surface area contributed by atoms with Gasteiger partial charge in [-0.3, -0.25) is 4.79 Å². The summed E-state index contributed by atoms with van der Waals surface area (Å²) in [6.07, 6.45) is 0.0503.